The van der Waals surface area contributed by atoms with Crippen LogP contribution in [0.25, 0.3) is 0 Å². The maximum atomic E-state index is 12.3. The number of carbonyl (C=O) groups excluding carboxylic acids is 1. The van der Waals surface area contributed by atoms with Gasteiger partial charge in [0, 0.05) is 9.13 Å². The molecule has 1 amide bonds. The lowest BCUT2D eigenvalue weighted by molar-refractivity contribution is -0.148. The van der Waals surface area contributed by atoms with Gasteiger partial charge in [-0.1, -0.05) is 19.8 Å². The first-order chi connectivity index (χ1) is 9.45. The zero-order chi connectivity index (χ0) is 14.8. The number of rotatable bonds is 3. The first-order valence-electron chi connectivity index (χ1n) is 6.77. The molecular weight excluding hydrogens is 369 g/mol. The molecule has 1 saturated carbocycles. The summed E-state index contributed by atoms with van der Waals surface area (Å²) in [7, 11) is 0. The molecule has 0 heterocycles. The minimum Gasteiger partial charge on any atom is -0.479 e. The van der Waals surface area contributed by atoms with Crippen molar-refractivity contribution >= 4 is 34.5 Å². The second kappa shape index (κ2) is 6.11. The molecule has 1 aromatic rings. The fourth-order valence-corrected chi connectivity index (χ4v) is 3.14. The second-order valence-electron chi connectivity index (χ2n) is 5.38. The quantitative estimate of drug-likeness (QED) is 0.784. The van der Waals surface area contributed by atoms with Crippen LogP contribution < -0.4 is 5.32 Å². The predicted molar refractivity (Wildman–Crippen MR) is 84.6 cm³/mol. The summed E-state index contributed by atoms with van der Waals surface area (Å²) in [5.41, 5.74) is -0.623. The van der Waals surface area contributed by atoms with Crippen LogP contribution >= 0.6 is 22.6 Å². The van der Waals surface area contributed by atoms with Gasteiger partial charge in [-0.2, -0.15) is 0 Å². The number of halogens is 1. The molecule has 0 bridgehead atoms. The van der Waals surface area contributed by atoms with Gasteiger partial charge in [-0.15, -0.1) is 0 Å². The Labute approximate surface area is 132 Å². The number of aliphatic carboxylic acids is 1. The number of nitrogens with one attached hydrogen (secondary N) is 1. The molecule has 108 valence electrons. The zero-order valence-electron chi connectivity index (χ0n) is 11.4. The Bertz CT molecular complexity index is 514. The summed E-state index contributed by atoms with van der Waals surface area (Å²) in [6, 6.07) is 7.13. The van der Waals surface area contributed by atoms with Crippen LogP contribution in [0.15, 0.2) is 24.3 Å². The van der Waals surface area contributed by atoms with Gasteiger partial charge < -0.3 is 10.4 Å². The molecule has 0 radical (unpaired) electrons. The van der Waals surface area contributed by atoms with Crippen LogP contribution in [0.2, 0.25) is 0 Å². The van der Waals surface area contributed by atoms with Crippen molar-refractivity contribution < 1.29 is 14.7 Å². The smallest absolute Gasteiger partial charge is 0.329 e. The van der Waals surface area contributed by atoms with Crippen LogP contribution in [0.4, 0.5) is 0 Å². The van der Waals surface area contributed by atoms with Crippen molar-refractivity contribution in [3.05, 3.63) is 33.4 Å². The maximum absolute atomic E-state index is 12.3. The van der Waals surface area contributed by atoms with Crippen molar-refractivity contribution in [2.75, 3.05) is 0 Å². The fourth-order valence-electron chi connectivity index (χ4n) is 2.78. The van der Waals surface area contributed by atoms with E-state index in [1.807, 2.05) is 19.1 Å². The van der Waals surface area contributed by atoms with E-state index in [1.165, 1.54) is 0 Å². The van der Waals surface area contributed by atoms with Crippen LogP contribution in [-0.2, 0) is 4.79 Å². The van der Waals surface area contributed by atoms with E-state index in [4.69, 9.17) is 0 Å². The van der Waals surface area contributed by atoms with E-state index in [2.05, 4.69) is 27.9 Å². The predicted octanol–water partition coefficient (Wildman–Crippen LogP) is 3.05. The van der Waals surface area contributed by atoms with Crippen LogP contribution in [0, 0.1) is 9.49 Å². The molecule has 0 spiro atoms. The lowest BCUT2D eigenvalue weighted by Gasteiger charge is -2.39. The standard InChI is InChI=1S/C15H18INO3/c1-10-4-2-3-9-15(10,14(19)20)17-13(18)11-5-7-12(16)8-6-11/h5-8,10H,2-4,9H2,1H3,(H,17,18)(H,19,20). The summed E-state index contributed by atoms with van der Waals surface area (Å²) in [4.78, 5) is 24.0. The number of hydrogen-bond donors (Lipinski definition) is 2. The van der Waals surface area contributed by atoms with Crippen LogP contribution in [-0.4, -0.2) is 22.5 Å². The molecule has 1 aromatic carbocycles. The number of carbonyl (C=O) groups is 2. The summed E-state index contributed by atoms with van der Waals surface area (Å²) in [5, 5.41) is 12.4. The van der Waals surface area contributed by atoms with Crippen molar-refractivity contribution in [3.63, 3.8) is 0 Å². The number of benzene rings is 1. The van der Waals surface area contributed by atoms with Crippen molar-refractivity contribution in [1.29, 1.82) is 0 Å². The number of carboxylic acids is 1. The molecule has 0 saturated heterocycles. The molecule has 1 fully saturated rings. The van der Waals surface area contributed by atoms with Crippen molar-refractivity contribution in [2.24, 2.45) is 5.92 Å². The van der Waals surface area contributed by atoms with E-state index in [9.17, 15) is 14.7 Å². The summed E-state index contributed by atoms with van der Waals surface area (Å²) < 4.78 is 1.04. The third kappa shape index (κ3) is 2.97. The van der Waals surface area contributed by atoms with E-state index in [0.717, 1.165) is 22.8 Å². The minimum atomic E-state index is -1.13. The summed E-state index contributed by atoms with van der Waals surface area (Å²) in [6.45, 7) is 1.90. The van der Waals surface area contributed by atoms with Gasteiger partial charge in [0.05, 0.1) is 0 Å². The van der Waals surface area contributed by atoms with Crippen LogP contribution in [0.3, 0.4) is 0 Å². The highest BCUT2D eigenvalue weighted by Gasteiger charge is 2.46. The molecule has 0 aliphatic heterocycles. The molecule has 2 atom stereocenters. The molecule has 2 N–H and O–H groups in total. The number of amides is 1. The topological polar surface area (TPSA) is 66.4 Å². The third-order valence-electron chi connectivity index (χ3n) is 4.12. The molecule has 5 heteroatoms. The maximum Gasteiger partial charge on any atom is 0.329 e. The Balaban J connectivity index is 2.22. The van der Waals surface area contributed by atoms with Gasteiger partial charge in [-0.05, 0) is 65.6 Å². The van der Waals surface area contributed by atoms with Gasteiger partial charge >= 0.3 is 5.97 Å². The average molecular weight is 387 g/mol. The third-order valence-corrected chi connectivity index (χ3v) is 4.84. The van der Waals surface area contributed by atoms with Gasteiger partial charge in [0.15, 0.2) is 0 Å². The van der Waals surface area contributed by atoms with Crippen molar-refractivity contribution in [1.82, 2.24) is 5.32 Å². The van der Waals surface area contributed by atoms with E-state index in [-0.39, 0.29) is 11.8 Å². The van der Waals surface area contributed by atoms with Gasteiger partial charge in [0.2, 0.25) is 0 Å². The molecule has 1 aliphatic rings. The van der Waals surface area contributed by atoms with Gasteiger partial charge in [0.25, 0.3) is 5.91 Å². The molecule has 2 unspecified atom stereocenters. The molecule has 4 nitrogen and oxygen atoms in total. The van der Waals surface area contributed by atoms with E-state index < -0.39 is 11.5 Å². The number of carboxylic acid groups (broad SMARTS) is 1. The van der Waals surface area contributed by atoms with E-state index in [1.54, 1.807) is 12.1 Å². The molecule has 1 aliphatic carbocycles. The highest BCUT2D eigenvalue weighted by atomic mass is 127. The largest absolute Gasteiger partial charge is 0.479 e. The fraction of sp³-hybridized carbons (Fsp3) is 0.467. The van der Waals surface area contributed by atoms with Gasteiger partial charge in [-0.3, -0.25) is 4.79 Å². The summed E-state index contributed by atoms with van der Waals surface area (Å²) in [6.07, 6.45) is 3.19. The highest BCUT2D eigenvalue weighted by molar-refractivity contribution is 14.1. The van der Waals surface area contributed by atoms with Gasteiger partial charge in [-0.25, -0.2) is 4.79 Å². The Morgan fingerprint density at radius 2 is 1.95 bits per heavy atom. The average Bonchev–Trinajstić information content (AvgIpc) is 2.42. The molecular formula is C15H18INO3. The second-order valence-corrected chi connectivity index (χ2v) is 6.63. The van der Waals surface area contributed by atoms with E-state index in [0.29, 0.717) is 12.0 Å². The SMILES string of the molecule is CC1CCCCC1(NC(=O)c1ccc(I)cc1)C(=O)O. The Morgan fingerprint density at radius 1 is 1.30 bits per heavy atom. The lowest BCUT2D eigenvalue weighted by atomic mass is 9.73. The summed E-state index contributed by atoms with van der Waals surface area (Å²) in [5.74, 6) is -1.29. The van der Waals surface area contributed by atoms with Crippen LogP contribution in [0.1, 0.15) is 43.0 Å². The van der Waals surface area contributed by atoms with Gasteiger partial charge in [0.1, 0.15) is 5.54 Å². The van der Waals surface area contributed by atoms with Crippen molar-refractivity contribution in [3.8, 4) is 0 Å². The molecule has 0 aromatic heterocycles. The minimum absolute atomic E-state index is 0.0541. The highest BCUT2D eigenvalue weighted by Crippen LogP contribution is 2.34. The zero-order valence-corrected chi connectivity index (χ0v) is 13.5. The van der Waals surface area contributed by atoms with Crippen LogP contribution in [0.5, 0.6) is 0 Å². The lowest BCUT2D eigenvalue weighted by Crippen LogP contribution is -2.60. The normalized spacial score (nSPS) is 26.0. The summed E-state index contributed by atoms with van der Waals surface area (Å²) >= 11 is 2.17. The Morgan fingerprint density at radius 3 is 2.50 bits per heavy atom. The Kier molecular flexibility index (Phi) is 4.67. The number of hydrogen-bond acceptors (Lipinski definition) is 2. The van der Waals surface area contributed by atoms with E-state index >= 15 is 0 Å². The first kappa shape index (κ1) is 15.3. The van der Waals surface area contributed by atoms with Crippen molar-refractivity contribution in [2.45, 2.75) is 38.1 Å². The molecule has 20 heavy (non-hydrogen) atoms. The molecule has 2 rings (SSSR count). The monoisotopic (exact) mass is 387 g/mol. The first-order valence-corrected chi connectivity index (χ1v) is 7.85. The Hall–Kier alpha value is -1.11.